The van der Waals surface area contributed by atoms with Crippen molar-refractivity contribution in [1.29, 1.82) is 0 Å². The number of para-hydroxylation sites is 1. The normalized spacial score (nSPS) is 15.9. The molecule has 2 heterocycles. The molecule has 7 nitrogen and oxygen atoms in total. The minimum absolute atomic E-state index is 0.160. The zero-order chi connectivity index (χ0) is 18.3. The number of rotatable bonds is 3. The zero-order valence-electron chi connectivity index (χ0n) is 14.1. The average molecular weight is 350 g/mol. The Morgan fingerprint density at radius 3 is 2.85 bits per heavy atom. The number of aryl methyl sites for hydroxylation is 1. The predicted molar refractivity (Wildman–Crippen MR) is 98.4 cm³/mol. The van der Waals surface area contributed by atoms with Gasteiger partial charge in [0.1, 0.15) is 6.04 Å². The second-order valence-corrected chi connectivity index (χ2v) is 6.37. The fourth-order valence-electron chi connectivity index (χ4n) is 3.40. The van der Waals surface area contributed by atoms with Crippen LogP contribution in [0.2, 0.25) is 0 Å². The lowest BCUT2D eigenvalue weighted by molar-refractivity contribution is -0.117. The van der Waals surface area contributed by atoms with Gasteiger partial charge in [-0.25, -0.2) is 5.48 Å². The third-order valence-corrected chi connectivity index (χ3v) is 4.69. The molecule has 4 N–H and O–H groups in total. The number of carbonyl (C=O) groups excluding carboxylic acids is 2. The van der Waals surface area contributed by atoms with E-state index in [1.807, 2.05) is 25.4 Å². The summed E-state index contributed by atoms with van der Waals surface area (Å²) >= 11 is 0. The largest absolute Gasteiger partial charge is 0.372 e. The summed E-state index contributed by atoms with van der Waals surface area (Å²) in [4.78, 5) is 24.0. The highest BCUT2D eigenvalue weighted by atomic mass is 16.5. The Morgan fingerprint density at radius 2 is 2.04 bits per heavy atom. The third-order valence-electron chi connectivity index (χ3n) is 4.69. The Bertz CT molecular complexity index is 1020. The number of aromatic nitrogens is 1. The van der Waals surface area contributed by atoms with Crippen molar-refractivity contribution in [2.24, 2.45) is 7.05 Å². The molecule has 0 aliphatic carbocycles. The number of hydrogen-bond donors (Lipinski definition) is 4. The summed E-state index contributed by atoms with van der Waals surface area (Å²) in [6.45, 7) is 0. The Morgan fingerprint density at radius 1 is 1.23 bits per heavy atom. The number of nitrogens with zero attached hydrogens (tertiary/aromatic N) is 1. The van der Waals surface area contributed by atoms with Crippen molar-refractivity contribution in [1.82, 2.24) is 10.0 Å². The lowest BCUT2D eigenvalue weighted by Gasteiger charge is -2.27. The first-order valence-corrected chi connectivity index (χ1v) is 8.25. The van der Waals surface area contributed by atoms with Crippen molar-refractivity contribution >= 4 is 34.1 Å². The lowest BCUT2D eigenvalue weighted by atomic mass is 10.0. The molecular weight excluding hydrogens is 332 g/mol. The van der Waals surface area contributed by atoms with E-state index in [2.05, 4.69) is 27.3 Å². The fourth-order valence-corrected chi connectivity index (χ4v) is 3.40. The monoisotopic (exact) mass is 350 g/mol. The number of benzene rings is 2. The summed E-state index contributed by atoms with van der Waals surface area (Å²) in [6, 6.07) is 12.5. The molecular formula is C19H18N4O3. The molecule has 1 aromatic heterocycles. The predicted octanol–water partition coefficient (Wildman–Crippen LogP) is 2.27. The molecule has 0 fully saturated rings. The first kappa shape index (κ1) is 16.2. The molecule has 0 unspecified atom stereocenters. The summed E-state index contributed by atoms with van der Waals surface area (Å²) < 4.78 is 2.05. The van der Waals surface area contributed by atoms with E-state index in [0.29, 0.717) is 12.1 Å². The van der Waals surface area contributed by atoms with E-state index in [9.17, 15) is 9.59 Å². The first-order chi connectivity index (χ1) is 12.6. The molecule has 2 aromatic carbocycles. The highest BCUT2D eigenvalue weighted by Crippen LogP contribution is 2.30. The van der Waals surface area contributed by atoms with Crippen LogP contribution in [0.3, 0.4) is 0 Å². The molecule has 2 amide bonds. The fraction of sp³-hybridized carbons (Fsp3) is 0.158. The molecule has 3 aromatic rings. The van der Waals surface area contributed by atoms with Gasteiger partial charge in [-0.1, -0.05) is 18.2 Å². The van der Waals surface area contributed by atoms with Crippen molar-refractivity contribution in [3.05, 3.63) is 59.8 Å². The molecule has 1 atom stereocenters. The van der Waals surface area contributed by atoms with Gasteiger partial charge in [0.05, 0.1) is 11.4 Å². The Labute approximate surface area is 149 Å². The standard InChI is InChI=1S/C19H18N4O3/c1-23-10-12(13-4-2-3-5-17(13)23)9-16-19(25)21-15-8-11(18(24)22-26)6-7-14(15)20-16/h2-8,10,16,20,26H,9H2,1H3,(H,21,25)(H,22,24)/t16-/m0/s1. The molecule has 1 aliphatic rings. The molecule has 1 aliphatic heterocycles. The van der Waals surface area contributed by atoms with E-state index >= 15 is 0 Å². The minimum atomic E-state index is -0.625. The van der Waals surface area contributed by atoms with Gasteiger partial charge in [-0.3, -0.25) is 14.8 Å². The summed E-state index contributed by atoms with van der Waals surface area (Å²) in [6.07, 6.45) is 2.59. The van der Waals surface area contributed by atoms with Gasteiger partial charge in [0.15, 0.2) is 0 Å². The second-order valence-electron chi connectivity index (χ2n) is 6.37. The summed E-state index contributed by atoms with van der Waals surface area (Å²) in [5.74, 6) is -0.785. The maximum Gasteiger partial charge on any atom is 0.274 e. The van der Waals surface area contributed by atoms with Gasteiger partial charge in [0, 0.05) is 36.1 Å². The van der Waals surface area contributed by atoms with Crippen LogP contribution in [0.4, 0.5) is 11.4 Å². The van der Waals surface area contributed by atoms with E-state index in [1.54, 1.807) is 17.6 Å². The van der Waals surface area contributed by atoms with Crippen molar-refractivity contribution in [2.45, 2.75) is 12.5 Å². The van der Waals surface area contributed by atoms with Crippen LogP contribution in [0.5, 0.6) is 0 Å². The van der Waals surface area contributed by atoms with Crippen LogP contribution >= 0.6 is 0 Å². The minimum Gasteiger partial charge on any atom is -0.372 e. The van der Waals surface area contributed by atoms with Gasteiger partial charge < -0.3 is 15.2 Å². The lowest BCUT2D eigenvalue weighted by Crippen LogP contribution is -2.40. The Hall–Kier alpha value is -3.32. The molecule has 0 bridgehead atoms. The van der Waals surface area contributed by atoms with Crippen LogP contribution in [0.25, 0.3) is 10.9 Å². The molecule has 4 rings (SSSR count). The van der Waals surface area contributed by atoms with Gasteiger partial charge in [-0.15, -0.1) is 0 Å². The Kier molecular flexibility index (Phi) is 3.85. The highest BCUT2D eigenvalue weighted by molar-refractivity contribution is 6.05. The second kappa shape index (κ2) is 6.20. The number of hydrogen-bond acceptors (Lipinski definition) is 4. The van der Waals surface area contributed by atoms with Crippen molar-refractivity contribution in [3.63, 3.8) is 0 Å². The van der Waals surface area contributed by atoms with Gasteiger partial charge in [-0.05, 0) is 29.8 Å². The maximum atomic E-state index is 12.5. The first-order valence-electron chi connectivity index (χ1n) is 8.25. The quantitative estimate of drug-likeness (QED) is 0.430. The van der Waals surface area contributed by atoms with Crippen molar-refractivity contribution in [2.75, 3.05) is 10.6 Å². The molecule has 0 spiro atoms. The van der Waals surface area contributed by atoms with E-state index in [0.717, 1.165) is 22.2 Å². The summed E-state index contributed by atoms with van der Waals surface area (Å²) in [7, 11) is 1.99. The SMILES string of the molecule is Cn1cc(C[C@@H]2Nc3ccc(C(=O)NO)cc3NC2=O)c2ccccc21. The van der Waals surface area contributed by atoms with Gasteiger partial charge in [0.2, 0.25) is 5.91 Å². The Balaban J connectivity index is 1.61. The molecule has 26 heavy (non-hydrogen) atoms. The van der Waals surface area contributed by atoms with E-state index in [-0.39, 0.29) is 11.5 Å². The van der Waals surface area contributed by atoms with Crippen LogP contribution in [-0.2, 0) is 18.3 Å². The van der Waals surface area contributed by atoms with Gasteiger partial charge >= 0.3 is 0 Å². The summed E-state index contributed by atoms with van der Waals surface area (Å²) in [5.41, 5.74) is 5.33. The maximum absolute atomic E-state index is 12.5. The highest BCUT2D eigenvalue weighted by Gasteiger charge is 2.27. The molecule has 132 valence electrons. The average Bonchev–Trinajstić information content (AvgIpc) is 2.97. The number of nitrogens with one attached hydrogen (secondary N) is 3. The smallest absolute Gasteiger partial charge is 0.274 e. The molecule has 0 saturated heterocycles. The number of amides is 2. The molecule has 0 saturated carbocycles. The van der Waals surface area contributed by atoms with Crippen LogP contribution in [-0.4, -0.2) is 27.6 Å². The zero-order valence-corrected chi connectivity index (χ0v) is 14.1. The number of fused-ring (bicyclic) bond motifs is 2. The van der Waals surface area contributed by atoms with Crippen LogP contribution in [0.1, 0.15) is 15.9 Å². The number of carbonyl (C=O) groups is 2. The summed E-state index contributed by atoms with van der Waals surface area (Å²) in [5, 5.41) is 15.9. The molecule has 7 heteroatoms. The van der Waals surface area contributed by atoms with Gasteiger partial charge in [-0.2, -0.15) is 0 Å². The molecule has 0 radical (unpaired) electrons. The van der Waals surface area contributed by atoms with Crippen LogP contribution < -0.4 is 16.1 Å². The van der Waals surface area contributed by atoms with Crippen molar-refractivity contribution < 1.29 is 14.8 Å². The number of hydroxylamine groups is 1. The number of anilines is 2. The van der Waals surface area contributed by atoms with Gasteiger partial charge in [0.25, 0.3) is 5.91 Å². The van der Waals surface area contributed by atoms with Crippen molar-refractivity contribution in [3.8, 4) is 0 Å². The van der Waals surface area contributed by atoms with E-state index < -0.39 is 11.9 Å². The van der Waals surface area contributed by atoms with E-state index in [4.69, 9.17) is 5.21 Å². The van der Waals surface area contributed by atoms with Crippen LogP contribution in [0.15, 0.2) is 48.7 Å². The topological polar surface area (TPSA) is 95.4 Å². The third kappa shape index (κ3) is 2.68. The van der Waals surface area contributed by atoms with Crippen LogP contribution in [0, 0.1) is 0 Å². The van der Waals surface area contributed by atoms with E-state index in [1.165, 1.54) is 6.07 Å².